The first-order valence-electron chi connectivity index (χ1n) is 6.56. The summed E-state index contributed by atoms with van der Waals surface area (Å²) in [5.41, 5.74) is 8.47. The number of carbonyl (C=O) groups is 1. The molecule has 0 spiro atoms. The normalized spacial score (nSPS) is 10.2. The quantitative estimate of drug-likeness (QED) is 0.871. The van der Waals surface area contributed by atoms with Gasteiger partial charge in [-0.25, -0.2) is 0 Å². The number of amides is 1. The first-order chi connectivity index (χ1) is 10.1. The van der Waals surface area contributed by atoms with Gasteiger partial charge in [-0.15, -0.1) is 0 Å². The average molecular weight is 349 g/mol. The standard InChI is InChI=1S/C16H17BrN2O2/c1-11-2-4-13(5-3-11)19-16(20)10-21-14-6-7-15(17)12(8-14)9-18/h2-8H,9-10,18H2,1H3,(H,19,20). The molecule has 21 heavy (non-hydrogen) atoms. The topological polar surface area (TPSA) is 64.3 Å². The predicted octanol–water partition coefficient (Wildman–Crippen LogP) is 3.23. The van der Waals surface area contributed by atoms with Crippen molar-refractivity contribution in [2.24, 2.45) is 5.73 Å². The van der Waals surface area contributed by atoms with Gasteiger partial charge in [0, 0.05) is 16.7 Å². The molecule has 2 rings (SSSR count). The van der Waals surface area contributed by atoms with E-state index in [4.69, 9.17) is 10.5 Å². The summed E-state index contributed by atoms with van der Waals surface area (Å²) in [5, 5.41) is 2.78. The van der Waals surface area contributed by atoms with E-state index in [1.54, 1.807) is 6.07 Å². The highest BCUT2D eigenvalue weighted by Crippen LogP contribution is 2.22. The Balaban J connectivity index is 1.90. The van der Waals surface area contributed by atoms with E-state index < -0.39 is 0 Å². The van der Waals surface area contributed by atoms with Crippen molar-refractivity contribution in [1.82, 2.24) is 0 Å². The zero-order valence-corrected chi connectivity index (χ0v) is 13.3. The van der Waals surface area contributed by atoms with E-state index in [0.29, 0.717) is 12.3 Å². The number of nitrogens with one attached hydrogen (secondary N) is 1. The highest BCUT2D eigenvalue weighted by atomic mass is 79.9. The van der Waals surface area contributed by atoms with Gasteiger partial charge >= 0.3 is 0 Å². The van der Waals surface area contributed by atoms with Gasteiger partial charge in [0.2, 0.25) is 0 Å². The fraction of sp³-hybridized carbons (Fsp3) is 0.188. The number of nitrogens with two attached hydrogens (primary N) is 1. The van der Waals surface area contributed by atoms with E-state index in [1.165, 1.54) is 0 Å². The Morgan fingerprint density at radius 1 is 1.24 bits per heavy atom. The molecule has 5 heteroatoms. The molecular weight excluding hydrogens is 332 g/mol. The number of hydrogen-bond donors (Lipinski definition) is 2. The van der Waals surface area contributed by atoms with Crippen LogP contribution in [-0.4, -0.2) is 12.5 Å². The second kappa shape index (κ2) is 7.24. The van der Waals surface area contributed by atoms with Crippen LogP contribution in [0.15, 0.2) is 46.9 Å². The second-order valence-corrected chi connectivity index (χ2v) is 5.51. The van der Waals surface area contributed by atoms with Gasteiger partial charge in [-0.2, -0.15) is 0 Å². The highest BCUT2D eigenvalue weighted by molar-refractivity contribution is 9.10. The zero-order valence-electron chi connectivity index (χ0n) is 11.7. The van der Waals surface area contributed by atoms with Crippen LogP contribution in [0, 0.1) is 6.92 Å². The summed E-state index contributed by atoms with van der Waals surface area (Å²) >= 11 is 3.41. The fourth-order valence-corrected chi connectivity index (χ4v) is 2.19. The zero-order chi connectivity index (χ0) is 15.2. The number of ether oxygens (including phenoxy) is 1. The average Bonchev–Trinajstić information content (AvgIpc) is 2.49. The third-order valence-electron chi connectivity index (χ3n) is 2.94. The van der Waals surface area contributed by atoms with Crippen LogP contribution < -0.4 is 15.8 Å². The molecule has 4 nitrogen and oxygen atoms in total. The van der Waals surface area contributed by atoms with Crippen LogP contribution in [0.4, 0.5) is 5.69 Å². The van der Waals surface area contributed by atoms with Gasteiger partial charge in [0.05, 0.1) is 0 Å². The molecule has 1 amide bonds. The van der Waals surface area contributed by atoms with E-state index in [1.807, 2.05) is 43.3 Å². The van der Waals surface area contributed by atoms with Crippen molar-refractivity contribution < 1.29 is 9.53 Å². The molecule has 2 aromatic rings. The maximum absolute atomic E-state index is 11.8. The molecular formula is C16H17BrN2O2. The Kier molecular flexibility index (Phi) is 5.36. The molecule has 0 aliphatic heterocycles. The number of rotatable bonds is 5. The van der Waals surface area contributed by atoms with Gasteiger partial charge in [0.25, 0.3) is 5.91 Å². The predicted molar refractivity (Wildman–Crippen MR) is 87.3 cm³/mol. The van der Waals surface area contributed by atoms with Crippen molar-refractivity contribution >= 4 is 27.5 Å². The Morgan fingerprint density at radius 2 is 1.95 bits per heavy atom. The summed E-state index contributed by atoms with van der Waals surface area (Å²) in [5.74, 6) is 0.425. The summed E-state index contributed by atoms with van der Waals surface area (Å²) < 4.78 is 6.40. The molecule has 0 heterocycles. The van der Waals surface area contributed by atoms with Crippen molar-refractivity contribution in [3.8, 4) is 5.75 Å². The molecule has 0 bridgehead atoms. The summed E-state index contributed by atoms with van der Waals surface area (Å²) in [7, 11) is 0. The van der Waals surface area contributed by atoms with Crippen LogP contribution in [-0.2, 0) is 11.3 Å². The van der Waals surface area contributed by atoms with Crippen LogP contribution in [0.25, 0.3) is 0 Å². The lowest BCUT2D eigenvalue weighted by molar-refractivity contribution is -0.118. The van der Waals surface area contributed by atoms with Gasteiger partial charge < -0.3 is 15.8 Å². The highest BCUT2D eigenvalue weighted by Gasteiger charge is 2.05. The van der Waals surface area contributed by atoms with E-state index in [2.05, 4.69) is 21.2 Å². The minimum Gasteiger partial charge on any atom is -0.484 e. The molecule has 0 unspecified atom stereocenters. The molecule has 0 aromatic heterocycles. The second-order valence-electron chi connectivity index (χ2n) is 4.66. The molecule has 0 fully saturated rings. The largest absolute Gasteiger partial charge is 0.484 e. The minimum atomic E-state index is -0.198. The molecule has 0 aliphatic carbocycles. The number of anilines is 1. The lowest BCUT2D eigenvalue weighted by Crippen LogP contribution is -2.20. The number of halogens is 1. The van der Waals surface area contributed by atoms with E-state index in [0.717, 1.165) is 21.3 Å². The summed E-state index contributed by atoms with van der Waals surface area (Å²) in [4.78, 5) is 11.8. The Bertz CT molecular complexity index is 627. The molecule has 0 saturated heterocycles. The number of hydrogen-bond acceptors (Lipinski definition) is 3. The maximum Gasteiger partial charge on any atom is 0.262 e. The Labute approximate surface area is 132 Å². The third kappa shape index (κ3) is 4.58. The Morgan fingerprint density at radius 3 is 2.62 bits per heavy atom. The van der Waals surface area contributed by atoms with Crippen LogP contribution in [0.3, 0.4) is 0 Å². The smallest absolute Gasteiger partial charge is 0.262 e. The fourth-order valence-electron chi connectivity index (χ4n) is 1.78. The van der Waals surface area contributed by atoms with Gasteiger partial charge in [0.1, 0.15) is 5.75 Å². The first kappa shape index (κ1) is 15.5. The van der Waals surface area contributed by atoms with Crippen molar-refractivity contribution in [1.29, 1.82) is 0 Å². The third-order valence-corrected chi connectivity index (χ3v) is 3.72. The molecule has 3 N–H and O–H groups in total. The summed E-state index contributed by atoms with van der Waals surface area (Å²) in [6.45, 7) is 2.37. The van der Waals surface area contributed by atoms with Gasteiger partial charge in [-0.1, -0.05) is 33.6 Å². The van der Waals surface area contributed by atoms with Crippen molar-refractivity contribution in [2.75, 3.05) is 11.9 Å². The van der Waals surface area contributed by atoms with Crippen molar-refractivity contribution in [3.63, 3.8) is 0 Å². The van der Waals surface area contributed by atoms with Crippen LogP contribution in [0.1, 0.15) is 11.1 Å². The first-order valence-corrected chi connectivity index (χ1v) is 7.35. The lowest BCUT2D eigenvalue weighted by atomic mass is 10.2. The summed E-state index contributed by atoms with van der Waals surface area (Å²) in [6, 6.07) is 13.1. The van der Waals surface area contributed by atoms with E-state index in [9.17, 15) is 4.79 Å². The Hall–Kier alpha value is -1.85. The monoisotopic (exact) mass is 348 g/mol. The molecule has 0 saturated carbocycles. The summed E-state index contributed by atoms with van der Waals surface area (Å²) in [6.07, 6.45) is 0. The molecule has 0 aliphatic rings. The van der Waals surface area contributed by atoms with E-state index in [-0.39, 0.29) is 12.5 Å². The van der Waals surface area contributed by atoms with Gasteiger partial charge in [-0.3, -0.25) is 4.79 Å². The number of carbonyl (C=O) groups excluding carboxylic acids is 1. The van der Waals surface area contributed by atoms with Crippen LogP contribution >= 0.6 is 15.9 Å². The SMILES string of the molecule is Cc1ccc(NC(=O)COc2ccc(Br)c(CN)c2)cc1. The molecule has 0 radical (unpaired) electrons. The van der Waals surface area contributed by atoms with Crippen LogP contribution in [0.5, 0.6) is 5.75 Å². The van der Waals surface area contributed by atoms with Gasteiger partial charge in [0.15, 0.2) is 6.61 Å². The molecule has 110 valence electrons. The number of aryl methyl sites for hydroxylation is 1. The van der Waals surface area contributed by atoms with Gasteiger partial charge in [-0.05, 0) is 42.8 Å². The minimum absolute atomic E-state index is 0.0421. The van der Waals surface area contributed by atoms with Crippen molar-refractivity contribution in [3.05, 3.63) is 58.1 Å². The molecule has 2 aromatic carbocycles. The molecule has 0 atom stereocenters. The lowest BCUT2D eigenvalue weighted by Gasteiger charge is -2.09. The van der Waals surface area contributed by atoms with Crippen molar-refractivity contribution in [2.45, 2.75) is 13.5 Å². The number of benzene rings is 2. The van der Waals surface area contributed by atoms with Crippen LogP contribution in [0.2, 0.25) is 0 Å². The maximum atomic E-state index is 11.8. The van der Waals surface area contributed by atoms with E-state index >= 15 is 0 Å².